The van der Waals surface area contributed by atoms with Crippen LogP contribution in [0.1, 0.15) is 42.5 Å². The normalized spacial score (nSPS) is 11.1. The Bertz CT molecular complexity index is 488. The number of hydrogen-bond acceptors (Lipinski definition) is 3. The largest absolute Gasteiger partial charge is 0.377 e. The zero-order valence-corrected chi connectivity index (χ0v) is 11.1. The van der Waals surface area contributed by atoms with E-state index in [9.17, 15) is 0 Å². The van der Waals surface area contributed by atoms with Crippen LogP contribution in [0.2, 0.25) is 0 Å². The van der Waals surface area contributed by atoms with E-state index in [2.05, 4.69) is 53.3 Å². The molecular weight excluding hydrogens is 226 g/mol. The summed E-state index contributed by atoms with van der Waals surface area (Å²) in [5, 5.41) is 7.02. The van der Waals surface area contributed by atoms with E-state index in [1.807, 2.05) is 0 Å². The summed E-state index contributed by atoms with van der Waals surface area (Å²) < 4.78 is 4.99. The number of ether oxygens (including phenoxy) is 1. The minimum atomic E-state index is 0.447. The smallest absolute Gasteiger partial charge is 0.176 e. The Morgan fingerprint density at radius 1 is 1.22 bits per heavy atom. The Balaban J connectivity index is 2.03. The number of hydrogen-bond donors (Lipinski definition) is 1. The highest BCUT2D eigenvalue weighted by Crippen LogP contribution is 2.15. The van der Waals surface area contributed by atoms with Crippen LogP contribution in [-0.2, 0) is 17.8 Å². The Hall–Kier alpha value is -1.68. The maximum atomic E-state index is 4.99. The van der Waals surface area contributed by atoms with Gasteiger partial charge in [-0.25, -0.2) is 4.98 Å². The van der Waals surface area contributed by atoms with Gasteiger partial charge in [-0.1, -0.05) is 38.1 Å². The van der Waals surface area contributed by atoms with Gasteiger partial charge in [-0.2, -0.15) is 5.10 Å². The van der Waals surface area contributed by atoms with Crippen molar-refractivity contribution in [2.24, 2.45) is 0 Å². The first-order chi connectivity index (χ1) is 8.69. The van der Waals surface area contributed by atoms with Crippen molar-refractivity contribution in [3.05, 3.63) is 47.0 Å². The first-order valence-electron chi connectivity index (χ1n) is 6.17. The summed E-state index contributed by atoms with van der Waals surface area (Å²) in [4.78, 5) is 4.36. The third kappa shape index (κ3) is 3.17. The highest BCUT2D eigenvalue weighted by atomic mass is 16.5. The maximum Gasteiger partial charge on any atom is 0.176 e. The average molecular weight is 245 g/mol. The molecule has 4 nitrogen and oxygen atoms in total. The number of nitrogens with one attached hydrogen (secondary N) is 1. The van der Waals surface area contributed by atoms with Gasteiger partial charge < -0.3 is 4.74 Å². The van der Waals surface area contributed by atoms with Crippen molar-refractivity contribution in [2.45, 2.75) is 32.8 Å². The van der Waals surface area contributed by atoms with Crippen molar-refractivity contribution in [2.75, 3.05) is 7.11 Å². The van der Waals surface area contributed by atoms with Crippen molar-refractivity contribution in [3.63, 3.8) is 0 Å². The van der Waals surface area contributed by atoms with E-state index >= 15 is 0 Å². The summed E-state index contributed by atoms with van der Waals surface area (Å²) in [5.41, 5.74) is 2.59. The molecular formula is C14H19N3O. The average Bonchev–Trinajstić information content (AvgIpc) is 2.78. The van der Waals surface area contributed by atoms with Gasteiger partial charge in [0.1, 0.15) is 12.4 Å². The number of H-pyrrole nitrogens is 1. The van der Waals surface area contributed by atoms with Crippen molar-refractivity contribution in [3.8, 4) is 0 Å². The van der Waals surface area contributed by atoms with Crippen LogP contribution >= 0.6 is 0 Å². The van der Waals surface area contributed by atoms with Crippen LogP contribution in [0, 0.1) is 0 Å². The number of nitrogens with zero attached hydrogens (tertiary/aromatic N) is 2. The highest BCUT2D eigenvalue weighted by Gasteiger charge is 2.04. The monoisotopic (exact) mass is 245 g/mol. The van der Waals surface area contributed by atoms with Gasteiger partial charge in [0.15, 0.2) is 5.82 Å². The fourth-order valence-electron chi connectivity index (χ4n) is 1.82. The molecule has 2 rings (SSSR count). The zero-order valence-electron chi connectivity index (χ0n) is 11.1. The number of aromatic amines is 1. The fraction of sp³-hybridized carbons (Fsp3) is 0.429. The second-order valence-corrected chi connectivity index (χ2v) is 4.70. The van der Waals surface area contributed by atoms with Gasteiger partial charge in [-0.3, -0.25) is 5.10 Å². The Labute approximate surface area is 107 Å². The van der Waals surface area contributed by atoms with E-state index in [0.717, 1.165) is 12.2 Å². The molecule has 0 aliphatic carbocycles. The van der Waals surface area contributed by atoms with Gasteiger partial charge >= 0.3 is 0 Å². The van der Waals surface area contributed by atoms with E-state index in [1.165, 1.54) is 11.1 Å². The lowest BCUT2D eigenvalue weighted by atomic mass is 10.0. The molecule has 0 saturated heterocycles. The molecule has 0 bridgehead atoms. The third-order valence-corrected chi connectivity index (χ3v) is 2.87. The number of rotatable bonds is 5. The molecule has 0 saturated carbocycles. The molecule has 0 amide bonds. The molecule has 2 aromatic rings. The van der Waals surface area contributed by atoms with Gasteiger partial charge in [-0.15, -0.1) is 0 Å². The zero-order chi connectivity index (χ0) is 13.0. The molecule has 1 aromatic carbocycles. The van der Waals surface area contributed by atoms with E-state index in [4.69, 9.17) is 4.74 Å². The first kappa shape index (κ1) is 12.8. The second-order valence-electron chi connectivity index (χ2n) is 4.70. The van der Waals surface area contributed by atoms with Crippen LogP contribution in [-0.4, -0.2) is 22.3 Å². The molecule has 0 unspecified atom stereocenters. The minimum Gasteiger partial charge on any atom is -0.377 e. The van der Waals surface area contributed by atoms with Gasteiger partial charge in [0.05, 0.1) is 0 Å². The number of methoxy groups -OCH3 is 1. The first-order valence-corrected chi connectivity index (χ1v) is 6.17. The van der Waals surface area contributed by atoms with Gasteiger partial charge in [0.2, 0.25) is 0 Å². The van der Waals surface area contributed by atoms with Crippen molar-refractivity contribution in [1.82, 2.24) is 15.2 Å². The molecule has 0 radical (unpaired) electrons. The predicted octanol–water partition coefficient (Wildman–Crippen LogP) is 2.67. The molecule has 4 heteroatoms. The summed E-state index contributed by atoms with van der Waals surface area (Å²) in [6, 6.07) is 8.64. The molecule has 0 aliphatic heterocycles. The quantitative estimate of drug-likeness (QED) is 0.881. The summed E-state index contributed by atoms with van der Waals surface area (Å²) >= 11 is 0. The second kappa shape index (κ2) is 5.78. The molecule has 1 heterocycles. The standard InChI is InChI=1S/C14H19N3O/c1-10(2)12-6-4-11(5-7-12)8-13-15-14(9-18-3)17-16-13/h4-7,10H,8-9H2,1-3H3,(H,15,16,17). The minimum absolute atomic E-state index is 0.447. The van der Waals surface area contributed by atoms with E-state index < -0.39 is 0 Å². The lowest BCUT2D eigenvalue weighted by Gasteiger charge is -2.05. The Morgan fingerprint density at radius 2 is 1.94 bits per heavy atom. The van der Waals surface area contributed by atoms with Gasteiger partial charge in [0.25, 0.3) is 0 Å². The molecule has 0 fully saturated rings. The number of benzene rings is 1. The topological polar surface area (TPSA) is 50.8 Å². The molecule has 18 heavy (non-hydrogen) atoms. The van der Waals surface area contributed by atoms with Crippen LogP contribution in [0.15, 0.2) is 24.3 Å². The third-order valence-electron chi connectivity index (χ3n) is 2.87. The molecule has 0 aliphatic rings. The molecule has 0 spiro atoms. The summed E-state index contributed by atoms with van der Waals surface area (Å²) in [5.74, 6) is 2.14. The van der Waals surface area contributed by atoms with Crippen molar-refractivity contribution < 1.29 is 4.74 Å². The van der Waals surface area contributed by atoms with Crippen molar-refractivity contribution in [1.29, 1.82) is 0 Å². The molecule has 0 atom stereocenters. The lowest BCUT2D eigenvalue weighted by molar-refractivity contribution is 0.178. The van der Waals surface area contributed by atoms with E-state index in [0.29, 0.717) is 18.3 Å². The van der Waals surface area contributed by atoms with E-state index in [-0.39, 0.29) is 0 Å². The predicted molar refractivity (Wildman–Crippen MR) is 70.4 cm³/mol. The summed E-state index contributed by atoms with van der Waals surface area (Å²) in [6.45, 7) is 4.84. The Morgan fingerprint density at radius 3 is 2.56 bits per heavy atom. The SMILES string of the molecule is COCc1n[nH]c(Cc2ccc(C(C)C)cc2)n1. The molecule has 1 aromatic heterocycles. The van der Waals surface area contributed by atoms with Gasteiger partial charge in [-0.05, 0) is 17.0 Å². The summed E-state index contributed by atoms with van der Waals surface area (Å²) in [6.07, 6.45) is 0.773. The number of aromatic nitrogens is 3. The van der Waals surface area contributed by atoms with Crippen molar-refractivity contribution >= 4 is 0 Å². The summed E-state index contributed by atoms with van der Waals surface area (Å²) in [7, 11) is 1.64. The van der Waals surface area contributed by atoms with Crippen LogP contribution in [0.4, 0.5) is 0 Å². The fourth-order valence-corrected chi connectivity index (χ4v) is 1.82. The Kier molecular flexibility index (Phi) is 4.10. The van der Waals surface area contributed by atoms with Crippen LogP contribution < -0.4 is 0 Å². The van der Waals surface area contributed by atoms with Gasteiger partial charge in [0, 0.05) is 13.5 Å². The maximum absolute atomic E-state index is 4.99. The van der Waals surface area contributed by atoms with E-state index in [1.54, 1.807) is 7.11 Å². The van der Waals surface area contributed by atoms with Crippen LogP contribution in [0.3, 0.4) is 0 Å². The van der Waals surface area contributed by atoms with Crippen LogP contribution in [0.25, 0.3) is 0 Å². The molecule has 96 valence electrons. The lowest BCUT2D eigenvalue weighted by Crippen LogP contribution is -1.93. The molecule has 1 N–H and O–H groups in total. The highest BCUT2D eigenvalue weighted by molar-refractivity contribution is 5.26. The van der Waals surface area contributed by atoms with Crippen LogP contribution in [0.5, 0.6) is 0 Å².